The Balaban J connectivity index is 2.05. The molecule has 17 heavy (non-hydrogen) atoms. The molecule has 0 radical (unpaired) electrons. The third-order valence-electron chi connectivity index (χ3n) is 3.62. The summed E-state index contributed by atoms with van der Waals surface area (Å²) >= 11 is 3.35. The van der Waals surface area contributed by atoms with Crippen LogP contribution in [-0.2, 0) is 10.2 Å². The van der Waals surface area contributed by atoms with Crippen molar-refractivity contribution in [2.75, 3.05) is 25.0 Å². The van der Waals surface area contributed by atoms with Crippen molar-refractivity contribution in [2.45, 2.75) is 38.6 Å². The molecule has 0 spiro atoms. The van der Waals surface area contributed by atoms with Gasteiger partial charge in [-0.2, -0.15) is 17.0 Å². The van der Waals surface area contributed by atoms with Crippen LogP contribution in [0.3, 0.4) is 0 Å². The van der Waals surface area contributed by atoms with Gasteiger partial charge in [-0.05, 0) is 31.6 Å². The van der Waals surface area contributed by atoms with Gasteiger partial charge in [-0.25, -0.2) is 0 Å². The van der Waals surface area contributed by atoms with Crippen LogP contribution in [0, 0.1) is 5.92 Å². The fourth-order valence-corrected chi connectivity index (χ4v) is 4.79. The first-order valence-electron chi connectivity index (χ1n) is 6.38. The van der Waals surface area contributed by atoms with Gasteiger partial charge < -0.3 is 0 Å². The van der Waals surface area contributed by atoms with Crippen LogP contribution in [0.15, 0.2) is 0 Å². The lowest BCUT2D eigenvalue weighted by Crippen LogP contribution is -2.48. The molecule has 2 aliphatic rings. The average Bonchev–Trinajstić information content (AvgIpc) is 3.10. The lowest BCUT2D eigenvalue weighted by molar-refractivity contribution is 0.264. The van der Waals surface area contributed by atoms with Crippen molar-refractivity contribution in [3.63, 3.8) is 0 Å². The molecule has 0 amide bonds. The van der Waals surface area contributed by atoms with Crippen LogP contribution in [0.1, 0.15) is 32.6 Å². The summed E-state index contributed by atoms with van der Waals surface area (Å²) in [4.78, 5) is 0. The molecule has 1 aliphatic heterocycles. The summed E-state index contributed by atoms with van der Waals surface area (Å²) in [6.45, 7) is 4.17. The van der Waals surface area contributed by atoms with E-state index in [2.05, 4.69) is 22.9 Å². The van der Waals surface area contributed by atoms with Gasteiger partial charge in [0, 0.05) is 31.0 Å². The first kappa shape index (κ1) is 13.8. The molecule has 0 aromatic heterocycles. The first-order valence-corrected chi connectivity index (χ1v) is 8.90. The third kappa shape index (κ3) is 3.22. The Kier molecular flexibility index (Phi) is 4.50. The Morgan fingerprint density at radius 3 is 2.29 bits per heavy atom. The van der Waals surface area contributed by atoms with Gasteiger partial charge in [-0.15, -0.1) is 0 Å². The standard InChI is InChI=1S/C11H21BrN2O2S/c1-10-4-7-13(8-5-10)17(15,16)14(9-6-12)11-2-3-11/h10-11H,2-9H2,1H3. The van der Waals surface area contributed by atoms with Gasteiger partial charge in [0.15, 0.2) is 0 Å². The molecule has 0 N–H and O–H groups in total. The Morgan fingerprint density at radius 2 is 1.82 bits per heavy atom. The van der Waals surface area contributed by atoms with Gasteiger partial charge in [-0.1, -0.05) is 22.9 Å². The molecular formula is C11H21BrN2O2S. The number of alkyl halides is 1. The van der Waals surface area contributed by atoms with Gasteiger partial charge in [0.1, 0.15) is 0 Å². The van der Waals surface area contributed by atoms with E-state index in [1.165, 1.54) is 0 Å². The highest BCUT2D eigenvalue weighted by atomic mass is 79.9. The van der Waals surface area contributed by atoms with Gasteiger partial charge in [-0.3, -0.25) is 0 Å². The van der Waals surface area contributed by atoms with E-state index in [1.54, 1.807) is 8.61 Å². The Bertz CT molecular complexity index is 348. The molecule has 1 saturated heterocycles. The van der Waals surface area contributed by atoms with Crippen molar-refractivity contribution in [1.82, 2.24) is 8.61 Å². The summed E-state index contributed by atoms with van der Waals surface area (Å²) in [5, 5.41) is 0.715. The molecule has 1 heterocycles. The summed E-state index contributed by atoms with van der Waals surface area (Å²) < 4.78 is 28.4. The molecule has 0 aromatic rings. The van der Waals surface area contributed by atoms with Gasteiger partial charge in [0.2, 0.25) is 0 Å². The molecule has 4 nitrogen and oxygen atoms in total. The van der Waals surface area contributed by atoms with Crippen molar-refractivity contribution < 1.29 is 8.42 Å². The van der Waals surface area contributed by atoms with Crippen LogP contribution < -0.4 is 0 Å². The summed E-state index contributed by atoms with van der Waals surface area (Å²) in [7, 11) is -3.21. The van der Waals surface area contributed by atoms with Crippen molar-refractivity contribution in [3.8, 4) is 0 Å². The van der Waals surface area contributed by atoms with Crippen LogP contribution >= 0.6 is 15.9 Å². The summed E-state index contributed by atoms with van der Waals surface area (Å²) in [5.41, 5.74) is 0. The second-order valence-corrected chi connectivity index (χ2v) is 7.79. The Labute approximate surface area is 113 Å². The van der Waals surface area contributed by atoms with E-state index in [0.29, 0.717) is 30.9 Å². The van der Waals surface area contributed by atoms with Gasteiger partial charge >= 0.3 is 0 Å². The average molecular weight is 325 g/mol. The zero-order valence-corrected chi connectivity index (χ0v) is 12.7. The maximum Gasteiger partial charge on any atom is 0.282 e. The van der Waals surface area contributed by atoms with Gasteiger partial charge in [0.25, 0.3) is 10.2 Å². The van der Waals surface area contributed by atoms with Crippen molar-refractivity contribution in [2.24, 2.45) is 5.92 Å². The fourth-order valence-electron chi connectivity index (χ4n) is 2.30. The molecule has 6 heteroatoms. The van der Waals surface area contributed by atoms with E-state index >= 15 is 0 Å². The predicted octanol–water partition coefficient (Wildman–Crippen LogP) is 1.82. The highest BCUT2D eigenvalue weighted by molar-refractivity contribution is 9.09. The zero-order valence-electron chi connectivity index (χ0n) is 10.3. The van der Waals surface area contributed by atoms with E-state index in [0.717, 1.165) is 25.7 Å². The molecule has 2 rings (SSSR count). The molecule has 0 aromatic carbocycles. The normalized spacial score (nSPS) is 24.4. The molecule has 1 aliphatic carbocycles. The minimum absolute atomic E-state index is 0.261. The van der Waals surface area contributed by atoms with Crippen molar-refractivity contribution >= 4 is 26.1 Å². The number of piperidine rings is 1. The lowest BCUT2D eigenvalue weighted by Gasteiger charge is -2.33. The molecular weight excluding hydrogens is 304 g/mol. The van der Waals surface area contributed by atoms with E-state index in [9.17, 15) is 8.42 Å². The summed E-state index contributed by atoms with van der Waals surface area (Å²) in [5.74, 6) is 0.659. The first-order chi connectivity index (χ1) is 8.05. The number of hydrogen-bond donors (Lipinski definition) is 0. The minimum Gasteiger partial charge on any atom is -0.195 e. The quantitative estimate of drug-likeness (QED) is 0.724. The van der Waals surface area contributed by atoms with E-state index in [4.69, 9.17) is 0 Å². The second kappa shape index (κ2) is 5.55. The highest BCUT2D eigenvalue weighted by Gasteiger charge is 2.40. The highest BCUT2D eigenvalue weighted by Crippen LogP contribution is 2.31. The predicted molar refractivity (Wildman–Crippen MR) is 72.4 cm³/mol. The summed E-state index contributed by atoms with van der Waals surface area (Å²) in [6, 6.07) is 0.261. The topological polar surface area (TPSA) is 40.6 Å². The Hall–Kier alpha value is 0.350. The fraction of sp³-hybridized carbons (Fsp3) is 1.00. The van der Waals surface area contributed by atoms with Crippen LogP contribution in [0.2, 0.25) is 0 Å². The largest absolute Gasteiger partial charge is 0.282 e. The van der Waals surface area contributed by atoms with Crippen LogP contribution in [0.4, 0.5) is 0 Å². The molecule has 100 valence electrons. The smallest absolute Gasteiger partial charge is 0.195 e. The minimum atomic E-state index is -3.21. The van der Waals surface area contributed by atoms with E-state index in [-0.39, 0.29) is 6.04 Å². The van der Waals surface area contributed by atoms with Crippen LogP contribution in [-0.4, -0.2) is 48.0 Å². The second-order valence-electron chi connectivity index (χ2n) is 5.12. The zero-order chi connectivity index (χ0) is 12.5. The number of nitrogens with zero attached hydrogens (tertiary/aromatic N) is 2. The summed E-state index contributed by atoms with van der Waals surface area (Å²) in [6.07, 6.45) is 4.03. The molecule has 0 bridgehead atoms. The number of hydrogen-bond acceptors (Lipinski definition) is 2. The monoisotopic (exact) mass is 324 g/mol. The third-order valence-corrected chi connectivity index (χ3v) is 6.07. The van der Waals surface area contributed by atoms with Gasteiger partial charge in [0.05, 0.1) is 0 Å². The SMILES string of the molecule is CC1CCN(S(=O)(=O)N(CCBr)C2CC2)CC1. The van der Waals surface area contributed by atoms with Crippen LogP contribution in [0.5, 0.6) is 0 Å². The molecule has 0 atom stereocenters. The molecule has 0 unspecified atom stereocenters. The van der Waals surface area contributed by atoms with E-state index in [1.807, 2.05) is 0 Å². The number of rotatable bonds is 5. The lowest BCUT2D eigenvalue weighted by atomic mass is 10.0. The molecule has 1 saturated carbocycles. The van der Waals surface area contributed by atoms with Crippen LogP contribution in [0.25, 0.3) is 0 Å². The Morgan fingerprint density at radius 1 is 1.24 bits per heavy atom. The van der Waals surface area contributed by atoms with E-state index < -0.39 is 10.2 Å². The number of halogens is 1. The maximum atomic E-state index is 12.5. The molecule has 2 fully saturated rings. The maximum absolute atomic E-state index is 12.5. The van der Waals surface area contributed by atoms with Crippen molar-refractivity contribution in [3.05, 3.63) is 0 Å². The van der Waals surface area contributed by atoms with Crippen molar-refractivity contribution in [1.29, 1.82) is 0 Å².